The number of hydrogen-bond acceptors (Lipinski definition) is 4. The Morgan fingerprint density at radius 1 is 1.24 bits per heavy atom. The summed E-state index contributed by atoms with van der Waals surface area (Å²) < 4.78 is 13.7. The van der Waals surface area contributed by atoms with Gasteiger partial charge in [0.25, 0.3) is 11.6 Å². The normalized spacial score (nSPS) is 9.95. The standard InChI is InChI=1S/C14H9FN2O4/c15-13-7-11(17(20)21)4-5-12(13)14(19)16-10-3-1-2-9(6-10)8-18/h1-8H,(H,16,19). The molecule has 0 aliphatic carbocycles. The van der Waals surface area contributed by atoms with Crippen LogP contribution in [0.5, 0.6) is 0 Å². The number of nitro groups is 1. The number of non-ortho nitro benzene ring substituents is 1. The number of benzene rings is 2. The zero-order valence-electron chi connectivity index (χ0n) is 10.6. The maximum atomic E-state index is 13.7. The third-order valence-corrected chi connectivity index (χ3v) is 2.69. The highest BCUT2D eigenvalue weighted by Crippen LogP contribution is 2.18. The third-order valence-electron chi connectivity index (χ3n) is 2.69. The van der Waals surface area contributed by atoms with Crippen LogP contribution in [0.4, 0.5) is 15.8 Å². The molecular weight excluding hydrogens is 279 g/mol. The summed E-state index contributed by atoms with van der Waals surface area (Å²) >= 11 is 0. The second-order valence-corrected chi connectivity index (χ2v) is 4.12. The number of aldehydes is 1. The van der Waals surface area contributed by atoms with Gasteiger partial charge < -0.3 is 5.32 Å². The van der Waals surface area contributed by atoms with Crippen molar-refractivity contribution in [3.63, 3.8) is 0 Å². The number of halogens is 1. The van der Waals surface area contributed by atoms with Crippen LogP contribution in [-0.4, -0.2) is 17.1 Å². The van der Waals surface area contributed by atoms with Gasteiger partial charge >= 0.3 is 0 Å². The summed E-state index contributed by atoms with van der Waals surface area (Å²) in [6, 6.07) is 8.83. The molecule has 0 aliphatic rings. The van der Waals surface area contributed by atoms with Crippen molar-refractivity contribution in [1.82, 2.24) is 0 Å². The molecule has 0 radical (unpaired) electrons. The van der Waals surface area contributed by atoms with Gasteiger partial charge in [0.2, 0.25) is 0 Å². The molecule has 0 saturated carbocycles. The number of anilines is 1. The number of nitrogens with one attached hydrogen (secondary N) is 1. The van der Waals surface area contributed by atoms with E-state index < -0.39 is 22.3 Å². The molecule has 1 N–H and O–H groups in total. The van der Waals surface area contributed by atoms with E-state index in [-0.39, 0.29) is 5.56 Å². The molecule has 0 saturated heterocycles. The average Bonchev–Trinajstić information content (AvgIpc) is 2.47. The first-order valence-electron chi connectivity index (χ1n) is 5.82. The molecule has 2 aromatic carbocycles. The Morgan fingerprint density at radius 2 is 2.00 bits per heavy atom. The summed E-state index contributed by atoms with van der Waals surface area (Å²) in [7, 11) is 0. The topological polar surface area (TPSA) is 89.3 Å². The maximum absolute atomic E-state index is 13.7. The lowest BCUT2D eigenvalue weighted by molar-refractivity contribution is -0.385. The fourth-order valence-corrected chi connectivity index (χ4v) is 1.69. The van der Waals surface area contributed by atoms with E-state index in [2.05, 4.69) is 5.32 Å². The van der Waals surface area contributed by atoms with Crippen molar-refractivity contribution in [2.24, 2.45) is 0 Å². The van der Waals surface area contributed by atoms with Gasteiger partial charge in [-0.15, -0.1) is 0 Å². The predicted molar refractivity (Wildman–Crippen MR) is 72.8 cm³/mol. The van der Waals surface area contributed by atoms with Gasteiger partial charge in [-0.3, -0.25) is 19.7 Å². The zero-order chi connectivity index (χ0) is 15.4. The Balaban J connectivity index is 2.24. The smallest absolute Gasteiger partial charge is 0.272 e. The van der Waals surface area contributed by atoms with Gasteiger partial charge in [0.05, 0.1) is 16.6 Å². The van der Waals surface area contributed by atoms with Gasteiger partial charge in [-0.05, 0) is 18.2 Å². The van der Waals surface area contributed by atoms with Crippen molar-refractivity contribution >= 4 is 23.6 Å². The molecule has 6 nitrogen and oxygen atoms in total. The molecule has 0 spiro atoms. The van der Waals surface area contributed by atoms with E-state index in [1.165, 1.54) is 12.1 Å². The lowest BCUT2D eigenvalue weighted by atomic mass is 10.1. The number of carbonyl (C=O) groups excluding carboxylic acids is 2. The van der Waals surface area contributed by atoms with Crippen LogP contribution in [0.1, 0.15) is 20.7 Å². The minimum atomic E-state index is -0.992. The quantitative estimate of drug-likeness (QED) is 0.532. The van der Waals surface area contributed by atoms with Gasteiger partial charge in [0.1, 0.15) is 12.1 Å². The van der Waals surface area contributed by atoms with Gasteiger partial charge in [-0.1, -0.05) is 12.1 Å². The molecule has 2 aromatic rings. The van der Waals surface area contributed by atoms with Gasteiger partial charge in [0, 0.05) is 17.3 Å². The highest BCUT2D eigenvalue weighted by molar-refractivity contribution is 6.04. The molecule has 1 amide bonds. The van der Waals surface area contributed by atoms with Crippen LogP contribution in [0.3, 0.4) is 0 Å². The van der Waals surface area contributed by atoms with Crippen molar-refractivity contribution in [3.8, 4) is 0 Å². The fraction of sp³-hybridized carbons (Fsp3) is 0. The molecule has 21 heavy (non-hydrogen) atoms. The van der Waals surface area contributed by atoms with Gasteiger partial charge in [-0.2, -0.15) is 0 Å². The van der Waals surface area contributed by atoms with E-state index in [0.29, 0.717) is 23.6 Å². The van der Waals surface area contributed by atoms with E-state index in [1.807, 2.05) is 0 Å². The number of nitro benzene ring substituents is 1. The van der Waals surface area contributed by atoms with Crippen molar-refractivity contribution in [2.75, 3.05) is 5.32 Å². The summed E-state index contributed by atoms with van der Waals surface area (Å²) in [5.74, 6) is -1.75. The lowest BCUT2D eigenvalue weighted by Gasteiger charge is -2.06. The van der Waals surface area contributed by atoms with E-state index in [0.717, 1.165) is 12.1 Å². The van der Waals surface area contributed by atoms with E-state index >= 15 is 0 Å². The van der Waals surface area contributed by atoms with Crippen LogP contribution in [0, 0.1) is 15.9 Å². The van der Waals surface area contributed by atoms with Crippen LogP contribution in [0.25, 0.3) is 0 Å². The molecule has 0 aromatic heterocycles. The molecule has 7 heteroatoms. The first-order chi connectivity index (χ1) is 10.0. The first-order valence-corrected chi connectivity index (χ1v) is 5.82. The third kappa shape index (κ3) is 3.27. The molecule has 0 heterocycles. The molecule has 2 rings (SSSR count). The van der Waals surface area contributed by atoms with Crippen molar-refractivity contribution in [2.45, 2.75) is 0 Å². The average molecular weight is 288 g/mol. The van der Waals surface area contributed by atoms with Crippen LogP contribution in [0.15, 0.2) is 42.5 Å². The summed E-state index contributed by atoms with van der Waals surface area (Å²) in [5.41, 5.74) is -0.0802. The highest BCUT2D eigenvalue weighted by Gasteiger charge is 2.16. The SMILES string of the molecule is O=Cc1cccc(NC(=O)c2ccc([N+](=O)[O-])cc2F)c1. The molecule has 0 fully saturated rings. The number of amides is 1. The van der Waals surface area contributed by atoms with Crippen LogP contribution >= 0.6 is 0 Å². The summed E-state index contributed by atoms with van der Waals surface area (Å²) in [6.45, 7) is 0. The van der Waals surface area contributed by atoms with Crippen molar-refractivity contribution in [1.29, 1.82) is 0 Å². The Labute approximate surface area is 118 Å². The fourth-order valence-electron chi connectivity index (χ4n) is 1.69. The molecule has 0 unspecified atom stereocenters. The maximum Gasteiger partial charge on any atom is 0.272 e. The summed E-state index contributed by atoms with van der Waals surface area (Å²) in [6.07, 6.45) is 0.613. The minimum absolute atomic E-state index is 0.322. The lowest BCUT2D eigenvalue weighted by Crippen LogP contribution is -2.14. The van der Waals surface area contributed by atoms with E-state index in [4.69, 9.17) is 0 Å². The second kappa shape index (κ2) is 5.91. The van der Waals surface area contributed by atoms with Gasteiger partial charge in [0.15, 0.2) is 0 Å². The molecule has 106 valence electrons. The minimum Gasteiger partial charge on any atom is -0.322 e. The van der Waals surface area contributed by atoms with E-state index in [9.17, 15) is 24.1 Å². The number of nitrogens with zero attached hydrogens (tertiary/aromatic N) is 1. The van der Waals surface area contributed by atoms with Crippen molar-refractivity contribution < 1.29 is 18.9 Å². The van der Waals surface area contributed by atoms with Crippen LogP contribution in [-0.2, 0) is 0 Å². The largest absolute Gasteiger partial charge is 0.322 e. The molecule has 0 aliphatic heterocycles. The van der Waals surface area contributed by atoms with Crippen LogP contribution < -0.4 is 5.32 Å². The van der Waals surface area contributed by atoms with E-state index in [1.54, 1.807) is 12.1 Å². The molecule has 0 bridgehead atoms. The number of carbonyl (C=O) groups is 2. The Kier molecular flexibility index (Phi) is 4.03. The predicted octanol–water partition coefficient (Wildman–Crippen LogP) is 2.80. The second-order valence-electron chi connectivity index (χ2n) is 4.12. The molecule has 0 atom stereocenters. The number of rotatable bonds is 4. The Hall–Kier alpha value is -3.09. The Bertz CT molecular complexity index is 731. The number of hydrogen-bond donors (Lipinski definition) is 1. The Morgan fingerprint density at radius 3 is 2.62 bits per heavy atom. The first kappa shape index (κ1) is 14.3. The zero-order valence-corrected chi connectivity index (χ0v) is 10.6. The molecular formula is C14H9FN2O4. The van der Waals surface area contributed by atoms with Crippen LogP contribution in [0.2, 0.25) is 0 Å². The summed E-state index contributed by atoms with van der Waals surface area (Å²) in [5, 5.41) is 12.9. The van der Waals surface area contributed by atoms with Crippen molar-refractivity contribution in [3.05, 3.63) is 69.5 Å². The van der Waals surface area contributed by atoms with Gasteiger partial charge in [-0.25, -0.2) is 4.39 Å². The summed E-state index contributed by atoms with van der Waals surface area (Å²) in [4.78, 5) is 32.3. The monoisotopic (exact) mass is 288 g/mol. The highest BCUT2D eigenvalue weighted by atomic mass is 19.1.